The van der Waals surface area contributed by atoms with Gasteiger partial charge in [0.1, 0.15) is 5.69 Å². The predicted octanol–water partition coefficient (Wildman–Crippen LogP) is 2.76. The van der Waals surface area contributed by atoms with Gasteiger partial charge in [-0.1, -0.05) is 23.4 Å². The lowest BCUT2D eigenvalue weighted by Gasteiger charge is -2.09. The fourth-order valence-electron chi connectivity index (χ4n) is 2.02. The number of hydrogen-bond donors (Lipinski definition) is 1. The Bertz CT molecular complexity index is 817. The van der Waals surface area contributed by atoms with Gasteiger partial charge in [0.05, 0.1) is 12.8 Å². The zero-order valence-electron chi connectivity index (χ0n) is 12.9. The zero-order chi connectivity index (χ0) is 16.8. The number of amides is 1. The number of carbonyl (C=O) groups excluding carboxylic acids is 1. The molecule has 7 nitrogen and oxygen atoms in total. The van der Waals surface area contributed by atoms with E-state index in [1.165, 1.54) is 7.11 Å². The van der Waals surface area contributed by atoms with Crippen LogP contribution < -0.4 is 14.8 Å². The van der Waals surface area contributed by atoms with Crippen molar-refractivity contribution in [2.45, 2.75) is 0 Å². The minimum absolute atomic E-state index is 0.181. The van der Waals surface area contributed by atoms with Crippen molar-refractivity contribution in [3.05, 3.63) is 54.7 Å². The molecule has 1 N–H and O–H groups in total. The molecule has 0 aliphatic heterocycles. The number of benzene rings is 1. The lowest BCUT2D eigenvalue weighted by molar-refractivity contribution is -0.118. The van der Waals surface area contributed by atoms with E-state index in [1.54, 1.807) is 36.5 Å². The van der Waals surface area contributed by atoms with Crippen LogP contribution in [0, 0.1) is 0 Å². The van der Waals surface area contributed by atoms with Crippen molar-refractivity contribution >= 4 is 11.8 Å². The van der Waals surface area contributed by atoms with E-state index < -0.39 is 0 Å². The van der Waals surface area contributed by atoms with Crippen LogP contribution in [0.1, 0.15) is 0 Å². The summed E-state index contributed by atoms with van der Waals surface area (Å²) in [5, 5.41) is 6.45. The molecule has 0 atom stereocenters. The van der Waals surface area contributed by atoms with E-state index in [9.17, 15) is 4.79 Å². The van der Waals surface area contributed by atoms with Crippen LogP contribution in [0.3, 0.4) is 0 Å². The number of anilines is 1. The first-order valence-corrected chi connectivity index (χ1v) is 7.20. The number of rotatable bonds is 6. The average Bonchev–Trinajstić information content (AvgIpc) is 3.09. The first-order valence-electron chi connectivity index (χ1n) is 7.20. The normalized spacial score (nSPS) is 10.2. The van der Waals surface area contributed by atoms with Crippen LogP contribution in [0.5, 0.6) is 11.5 Å². The van der Waals surface area contributed by atoms with E-state index in [2.05, 4.69) is 15.5 Å². The Kier molecular flexibility index (Phi) is 4.71. The van der Waals surface area contributed by atoms with E-state index in [0.717, 1.165) is 0 Å². The second-order valence-electron chi connectivity index (χ2n) is 4.78. The van der Waals surface area contributed by atoms with Crippen molar-refractivity contribution in [3.63, 3.8) is 0 Å². The van der Waals surface area contributed by atoms with E-state index in [0.29, 0.717) is 22.9 Å². The number of hydrogen-bond acceptors (Lipinski definition) is 6. The van der Waals surface area contributed by atoms with Gasteiger partial charge in [0.25, 0.3) is 5.91 Å². The van der Waals surface area contributed by atoms with Crippen LogP contribution in [-0.2, 0) is 4.79 Å². The second kappa shape index (κ2) is 7.28. The number of carbonyl (C=O) groups is 1. The van der Waals surface area contributed by atoms with Crippen LogP contribution in [0.25, 0.3) is 11.4 Å². The smallest absolute Gasteiger partial charge is 0.264 e. The molecule has 0 aliphatic carbocycles. The summed E-state index contributed by atoms with van der Waals surface area (Å²) in [6, 6.07) is 14.1. The molecule has 0 fully saturated rings. The van der Waals surface area contributed by atoms with Gasteiger partial charge >= 0.3 is 0 Å². The summed E-state index contributed by atoms with van der Waals surface area (Å²) in [6.07, 6.45) is 1.66. The van der Waals surface area contributed by atoms with Gasteiger partial charge in [0, 0.05) is 12.3 Å². The highest BCUT2D eigenvalue weighted by Crippen LogP contribution is 2.25. The highest BCUT2D eigenvalue weighted by molar-refractivity contribution is 5.91. The summed E-state index contributed by atoms with van der Waals surface area (Å²) in [5.41, 5.74) is 1.20. The van der Waals surface area contributed by atoms with Crippen LogP contribution >= 0.6 is 0 Å². The molecule has 0 saturated carbocycles. The molecular formula is C17H15N3O4. The minimum Gasteiger partial charge on any atom is -0.493 e. The molecular weight excluding hydrogens is 310 g/mol. The third kappa shape index (κ3) is 3.70. The van der Waals surface area contributed by atoms with E-state index in [1.807, 2.05) is 18.2 Å². The van der Waals surface area contributed by atoms with E-state index >= 15 is 0 Å². The number of nitrogens with one attached hydrogen (secondary N) is 1. The molecule has 2 heterocycles. The SMILES string of the molecule is COc1ccccc1OCC(=O)Nc1cc(-c2ccccn2)no1. The zero-order valence-corrected chi connectivity index (χ0v) is 12.9. The number of pyridine rings is 1. The maximum Gasteiger partial charge on any atom is 0.264 e. The van der Waals surface area contributed by atoms with Crippen molar-refractivity contribution < 1.29 is 18.8 Å². The first-order chi connectivity index (χ1) is 11.8. The Morgan fingerprint density at radius 2 is 1.92 bits per heavy atom. The molecule has 122 valence electrons. The van der Waals surface area contributed by atoms with Crippen molar-refractivity contribution in [2.75, 3.05) is 19.0 Å². The standard InChI is InChI=1S/C17H15N3O4/c1-22-14-7-2-3-8-15(14)23-11-16(21)19-17-10-13(20-24-17)12-6-4-5-9-18-12/h2-10H,11H2,1H3,(H,19,21). The largest absolute Gasteiger partial charge is 0.493 e. The maximum atomic E-state index is 12.0. The van der Waals surface area contributed by atoms with Gasteiger partial charge in [0.15, 0.2) is 18.1 Å². The monoisotopic (exact) mass is 325 g/mol. The van der Waals surface area contributed by atoms with Crippen LogP contribution in [0.15, 0.2) is 59.3 Å². The number of para-hydroxylation sites is 2. The van der Waals surface area contributed by atoms with Crippen molar-refractivity contribution in [2.24, 2.45) is 0 Å². The van der Waals surface area contributed by atoms with Crippen molar-refractivity contribution in [3.8, 4) is 22.9 Å². The topological polar surface area (TPSA) is 86.5 Å². The fourth-order valence-corrected chi connectivity index (χ4v) is 2.02. The summed E-state index contributed by atoms with van der Waals surface area (Å²) in [6.45, 7) is -0.181. The molecule has 3 aromatic rings. The maximum absolute atomic E-state index is 12.0. The van der Waals surface area contributed by atoms with Gasteiger partial charge in [-0.05, 0) is 24.3 Å². The van der Waals surface area contributed by atoms with E-state index in [-0.39, 0.29) is 18.4 Å². The number of nitrogens with zero attached hydrogens (tertiary/aromatic N) is 2. The van der Waals surface area contributed by atoms with Gasteiger partial charge in [0.2, 0.25) is 5.88 Å². The Labute approximate surface area is 138 Å². The predicted molar refractivity (Wildman–Crippen MR) is 86.9 cm³/mol. The van der Waals surface area contributed by atoms with Crippen LogP contribution in [0.4, 0.5) is 5.88 Å². The second-order valence-corrected chi connectivity index (χ2v) is 4.78. The molecule has 0 saturated heterocycles. The quantitative estimate of drug-likeness (QED) is 0.750. The Morgan fingerprint density at radius 1 is 1.12 bits per heavy atom. The molecule has 0 spiro atoms. The minimum atomic E-state index is -0.371. The molecule has 24 heavy (non-hydrogen) atoms. The summed E-state index contributed by atoms with van der Waals surface area (Å²) >= 11 is 0. The highest BCUT2D eigenvalue weighted by Gasteiger charge is 2.11. The van der Waals surface area contributed by atoms with Gasteiger partial charge in [-0.2, -0.15) is 0 Å². The summed E-state index contributed by atoms with van der Waals surface area (Å²) in [4.78, 5) is 16.1. The molecule has 2 aromatic heterocycles. The molecule has 3 rings (SSSR count). The van der Waals surface area contributed by atoms with Crippen LogP contribution in [0.2, 0.25) is 0 Å². The molecule has 7 heteroatoms. The Balaban J connectivity index is 1.58. The first kappa shape index (κ1) is 15.5. The third-order valence-corrected chi connectivity index (χ3v) is 3.13. The number of ether oxygens (including phenoxy) is 2. The summed E-state index contributed by atoms with van der Waals surface area (Å²) in [7, 11) is 1.54. The molecule has 0 unspecified atom stereocenters. The summed E-state index contributed by atoms with van der Waals surface area (Å²) < 4.78 is 15.7. The highest BCUT2D eigenvalue weighted by atomic mass is 16.5. The van der Waals surface area contributed by atoms with Gasteiger partial charge in [-0.15, -0.1) is 0 Å². The lowest BCUT2D eigenvalue weighted by atomic mass is 10.3. The third-order valence-electron chi connectivity index (χ3n) is 3.13. The van der Waals surface area contributed by atoms with Gasteiger partial charge in [-0.3, -0.25) is 15.1 Å². The van der Waals surface area contributed by atoms with Crippen molar-refractivity contribution in [1.29, 1.82) is 0 Å². The average molecular weight is 325 g/mol. The fraction of sp³-hybridized carbons (Fsp3) is 0.118. The molecule has 1 aromatic carbocycles. The molecule has 0 radical (unpaired) electrons. The molecule has 1 amide bonds. The van der Waals surface area contributed by atoms with Gasteiger partial charge < -0.3 is 14.0 Å². The Hall–Kier alpha value is -3.35. The Morgan fingerprint density at radius 3 is 2.67 bits per heavy atom. The molecule has 0 aliphatic rings. The van der Waals surface area contributed by atoms with Crippen LogP contribution in [-0.4, -0.2) is 29.8 Å². The van der Waals surface area contributed by atoms with Gasteiger partial charge in [-0.25, -0.2) is 0 Å². The van der Waals surface area contributed by atoms with Crippen molar-refractivity contribution in [1.82, 2.24) is 10.1 Å². The van der Waals surface area contributed by atoms with E-state index in [4.69, 9.17) is 14.0 Å². The lowest BCUT2D eigenvalue weighted by Crippen LogP contribution is -2.20. The number of aromatic nitrogens is 2. The summed E-state index contributed by atoms with van der Waals surface area (Å²) in [5.74, 6) is 0.901. The molecule has 0 bridgehead atoms. The number of methoxy groups -OCH3 is 1.